The number of aryl methyl sites for hydroxylation is 1. The van der Waals surface area contributed by atoms with Crippen LogP contribution in [0.4, 0.5) is 21.8 Å². The van der Waals surface area contributed by atoms with Crippen LogP contribution in [-0.2, 0) is 13.1 Å². The minimum absolute atomic E-state index is 0.309. The number of fused-ring (bicyclic) bond motifs is 2. The van der Waals surface area contributed by atoms with Crippen LogP contribution in [0.1, 0.15) is 23.2 Å². The Morgan fingerprint density at radius 3 is 2.73 bits per heavy atom. The summed E-state index contributed by atoms with van der Waals surface area (Å²) < 4.78 is 22.5. The molecule has 5 heterocycles. The van der Waals surface area contributed by atoms with Crippen molar-refractivity contribution in [3.63, 3.8) is 0 Å². The molecule has 0 spiro atoms. The summed E-state index contributed by atoms with van der Waals surface area (Å²) in [6, 6.07) is 13.9. The molecular weight excluding hydrogens is 579 g/mol. The van der Waals surface area contributed by atoms with E-state index in [0.717, 1.165) is 83.1 Å². The molecule has 0 amide bonds. The highest BCUT2D eigenvalue weighted by atomic mass is 35.5. The molecule has 3 aliphatic rings. The van der Waals surface area contributed by atoms with Crippen LogP contribution in [0, 0.1) is 30.0 Å². The topological polar surface area (TPSA) is 79.7 Å². The predicted molar refractivity (Wildman–Crippen MR) is 171 cm³/mol. The first-order valence-corrected chi connectivity index (χ1v) is 15.8. The summed E-state index contributed by atoms with van der Waals surface area (Å²) in [5, 5.41) is 14.6. The highest BCUT2D eigenvalue weighted by molar-refractivity contribution is 6.30. The van der Waals surface area contributed by atoms with Gasteiger partial charge in [0.25, 0.3) is 0 Å². The summed E-state index contributed by atoms with van der Waals surface area (Å²) in [6.45, 7) is 11.9. The molecule has 4 aromatic rings. The Kier molecular flexibility index (Phi) is 7.97. The van der Waals surface area contributed by atoms with Crippen molar-refractivity contribution >= 4 is 39.9 Å². The molecule has 11 heteroatoms. The van der Waals surface area contributed by atoms with Crippen molar-refractivity contribution in [2.45, 2.75) is 32.5 Å². The van der Waals surface area contributed by atoms with Crippen LogP contribution >= 0.6 is 11.6 Å². The summed E-state index contributed by atoms with van der Waals surface area (Å²) in [4.78, 5) is 14.0. The quantitative estimate of drug-likeness (QED) is 0.286. The van der Waals surface area contributed by atoms with Gasteiger partial charge in [0.15, 0.2) is 12.2 Å². The van der Waals surface area contributed by atoms with Gasteiger partial charge in [-0.15, -0.1) is 0 Å². The van der Waals surface area contributed by atoms with Crippen LogP contribution < -0.4 is 10.2 Å². The van der Waals surface area contributed by atoms with Gasteiger partial charge in [0, 0.05) is 80.9 Å². The lowest BCUT2D eigenvalue weighted by Crippen LogP contribution is -2.45. The van der Waals surface area contributed by atoms with Crippen molar-refractivity contribution in [2.75, 3.05) is 69.6 Å². The Hall–Kier alpha value is -3.62. The Labute approximate surface area is 262 Å². The van der Waals surface area contributed by atoms with Gasteiger partial charge in [-0.05, 0) is 74.3 Å². The first-order chi connectivity index (χ1) is 21.4. The number of oxazole rings is 1. The van der Waals surface area contributed by atoms with E-state index < -0.39 is 5.82 Å². The highest BCUT2D eigenvalue weighted by Gasteiger charge is 2.43. The number of nitrogens with one attached hydrogen (secondary N) is 1. The van der Waals surface area contributed by atoms with Gasteiger partial charge in [-0.3, -0.25) is 9.80 Å². The molecule has 0 bridgehead atoms. The number of likely N-dealkylation sites (N-methyl/N-ethyl adjacent to an activating group) is 1. The molecule has 2 aromatic heterocycles. The van der Waals surface area contributed by atoms with E-state index in [1.807, 2.05) is 0 Å². The summed E-state index contributed by atoms with van der Waals surface area (Å²) >= 11 is 5.92. The van der Waals surface area contributed by atoms with Crippen LogP contribution in [0.25, 0.3) is 10.9 Å². The molecule has 230 valence electrons. The van der Waals surface area contributed by atoms with Crippen LogP contribution in [-0.4, -0.2) is 89.7 Å². The fourth-order valence-electron chi connectivity index (χ4n) is 7.24. The summed E-state index contributed by atoms with van der Waals surface area (Å²) in [7, 11) is 2.17. The number of benzene rings is 2. The molecule has 0 aliphatic carbocycles. The molecule has 3 fully saturated rings. The lowest BCUT2D eigenvalue weighted by atomic mass is 10.0. The normalized spacial score (nSPS) is 21.3. The maximum absolute atomic E-state index is 14.5. The third-order valence-electron chi connectivity index (χ3n) is 9.87. The van der Waals surface area contributed by atoms with E-state index in [-0.39, 0.29) is 0 Å². The van der Waals surface area contributed by atoms with Crippen LogP contribution in [0.5, 0.6) is 0 Å². The van der Waals surface area contributed by atoms with Crippen molar-refractivity contribution in [3.8, 4) is 6.07 Å². The third kappa shape index (κ3) is 5.54. The van der Waals surface area contributed by atoms with E-state index in [9.17, 15) is 9.65 Å². The third-order valence-corrected chi connectivity index (χ3v) is 10.1. The van der Waals surface area contributed by atoms with Crippen molar-refractivity contribution in [2.24, 2.45) is 5.92 Å². The van der Waals surface area contributed by atoms with Crippen molar-refractivity contribution in [3.05, 3.63) is 70.5 Å². The van der Waals surface area contributed by atoms with Crippen molar-refractivity contribution < 1.29 is 8.81 Å². The second-order valence-electron chi connectivity index (χ2n) is 12.5. The number of aromatic nitrogens is 2. The van der Waals surface area contributed by atoms with Crippen molar-refractivity contribution in [1.29, 1.82) is 5.26 Å². The van der Waals surface area contributed by atoms with Gasteiger partial charge in [-0.2, -0.15) is 10.2 Å². The first-order valence-electron chi connectivity index (χ1n) is 15.4. The molecule has 0 radical (unpaired) electrons. The predicted octanol–water partition coefficient (Wildman–Crippen LogP) is 5.30. The van der Waals surface area contributed by atoms with Gasteiger partial charge in [0.2, 0.25) is 5.88 Å². The second kappa shape index (κ2) is 12.1. The average Bonchev–Trinajstić information content (AvgIpc) is 3.80. The van der Waals surface area contributed by atoms with E-state index in [0.29, 0.717) is 34.4 Å². The number of likely N-dealkylation sites (tertiary alicyclic amines) is 1. The van der Waals surface area contributed by atoms with Crippen molar-refractivity contribution in [1.82, 2.24) is 24.3 Å². The fourth-order valence-corrected chi connectivity index (χ4v) is 7.40. The zero-order valence-corrected chi connectivity index (χ0v) is 26.0. The lowest BCUT2D eigenvalue weighted by Gasteiger charge is -2.32. The standard InChI is InChI=1S/C33H38ClFN8O/c1-22-23(3-6-30-27(22)16-26(17-36)43(30)14-13-40-11-9-39(2)10-12-40)18-41-8-7-24-19-42(20-31(24)41)33-32(37-21-44-33)38-29-5-4-25(34)15-28(29)35/h3-6,15-16,21,24,31,38H,7-14,18-20H2,1-2H3. The van der Waals surface area contributed by atoms with E-state index in [2.05, 4.69) is 72.7 Å². The van der Waals surface area contributed by atoms with Crippen LogP contribution in [0.2, 0.25) is 5.02 Å². The molecule has 7 rings (SSSR count). The molecule has 1 N–H and O–H groups in total. The maximum atomic E-state index is 14.5. The average molecular weight is 617 g/mol. The van der Waals surface area contributed by atoms with Gasteiger partial charge in [-0.25, -0.2) is 4.39 Å². The lowest BCUT2D eigenvalue weighted by molar-refractivity contribution is 0.150. The fraction of sp³-hybridized carbons (Fsp3) is 0.455. The number of halogens is 2. The number of hydrogen-bond donors (Lipinski definition) is 1. The number of anilines is 3. The van der Waals surface area contributed by atoms with E-state index in [4.69, 9.17) is 16.0 Å². The maximum Gasteiger partial charge on any atom is 0.240 e. The Morgan fingerprint density at radius 1 is 1.09 bits per heavy atom. The zero-order valence-electron chi connectivity index (χ0n) is 25.3. The van der Waals surface area contributed by atoms with Crippen LogP contribution in [0.15, 0.2) is 47.2 Å². The SMILES string of the molecule is Cc1c(CN2CCC3CN(c4ocnc4Nc4ccc(Cl)cc4F)CC32)ccc2c1cc(C#N)n2CCN1CCN(C)CC1. The van der Waals surface area contributed by atoms with Gasteiger partial charge >= 0.3 is 0 Å². The monoisotopic (exact) mass is 616 g/mol. The molecule has 3 saturated heterocycles. The van der Waals surface area contributed by atoms with E-state index >= 15 is 0 Å². The number of nitriles is 1. The minimum atomic E-state index is -0.435. The number of hydrogen-bond acceptors (Lipinski definition) is 8. The molecule has 0 saturated carbocycles. The van der Waals surface area contributed by atoms with Gasteiger partial charge < -0.3 is 24.1 Å². The van der Waals surface area contributed by atoms with E-state index in [1.165, 1.54) is 29.0 Å². The summed E-state index contributed by atoms with van der Waals surface area (Å²) in [5.41, 5.74) is 4.74. The largest absolute Gasteiger partial charge is 0.426 e. The molecule has 2 aromatic carbocycles. The van der Waals surface area contributed by atoms with E-state index in [1.54, 1.807) is 12.1 Å². The summed E-state index contributed by atoms with van der Waals surface area (Å²) in [6.07, 6.45) is 2.52. The molecule has 2 atom stereocenters. The molecular formula is C33H38ClFN8O. The minimum Gasteiger partial charge on any atom is -0.426 e. The Bertz CT molecular complexity index is 1700. The molecule has 2 unspecified atom stereocenters. The molecule has 44 heavy (non-hydrogen) atoms. The van der Waals surface area contributed by atoms with Gasteiger partial charge in [0.05, 0.1) is 5.69 Å². The number of piperazine rings is 1. The number of rotatable bonds is 8. The highest BCUT2D eigenvalue weighted by Crippen LogP contribution is 2.39. The molecule has 3 aliphatic heterocycles. The van der Waals surface area contributed by atoms with Crippen LogP contribution in [0.3, 0.4) is 0 Å². The second-order valence-corrected chi connectivity index (χ2v) is 12.9. The summed E-state index contributed by atoms with van der Waals surface area (Å²) in [5.74, 6) is 1.22. The Morgan fingerprint density at radius 2 is 1.93 bits per heavy atom. The zero-order chi connectivity index (χ0) is 30.4. The number of nitrogens with zero attached hydrogens (tertiary/aromatic N) is 7. The van der Waals surface area contributed by atoms with Gasteiger partial charge in [0.1, 0.15) is 17.6 Å². The Balaban J connectivity index is 1.04. The molecule has 9 nitrogen and oxygen atoms in total. The van der Waals surface area contributed by atoms with Gasteiger partial charge in [-0.1, -0.05) is 17.7 Å². The first kappa shape index (κ1) is 29.1. The smallest absolute Gasteiger partial charge is 0.240 e.